The third-order valence-electron chi connectivity index (χ3n) is 1.14. The predicted molar refractivity (Wildman–Crippen MR) is 50.1 cm³/mol. The van der Waals surface area contributed by atoms with E-state index in [2.05, 4.69) is 34.4 Å². The van der Waals surface area contributed by atoms with Gasteiger partial charge >= 0.3 is 73.1 Å². The van der Waals surface area contributed by atoms with Gasteiger partial charge in [0.05, 0.1) is 0 Å². The summed E-state index contributed by atoms with van der Waals surface area (Å²) in [5.74, 6) is 0. The number of hydrogen-bond donors (Lipinski definition) is 0. The normalized spacial score (nSPS) is 18.1. The van der Waals surface area contributed by atoms with Crippen LogP contribution in [-0.2, 0) is 0 Å². The summed E-state index contributed by atoms with van der Waals surface area (Å²) in [5, 5.41) is 0. The molecule has 0 aromatic rings. The van der Waals surface area contributed by atoms with Crippen molar-refractivity contribution in [2.24, 2.45) is 4.90 Å². The van der Waals surface area contributed by atoms with Crippen molar-refractivity contribution >= 4 is 30.2 Å². The second kappa shape index (κ2) is 4.42. The van der Waals surface area contributed by atoms with Crippen molar-refractivity contribution in [3.05, 3.63) is 0 Å². The molecule has 0 bridgehead atoms. The average Bonchev–Trinajstić information content (AvgIpc) is 2.00. The van der Waals surface area contributed by atoms with Gasteiger partial charge in [0, 0.05) is 0 Å². The molecule has 3 heteroatoms. The Kier molecular flexibility index (Phi) is 3.78. The summed E-state index contributed by atoms with van der Waals surface area (Å²) in [4.78, 5) is 3.68. The Balaban J connectivity index is 3.68. The summed E-state index contributed by atoms with van der Waals surface area (Å²) in [6.45, 7) is 2.40. The van der Waals surface area contributed by atoms with Crippen LogP contribution in [-0.4, -0.2) is 11.2 Å². The third-order valence-corrected chi connectivity index (χ3v) is 1.96. The Morgan fingerprint density at radius 1 is 1.89 bits per heavy atom. The first-order chi connectivity index (χ1) is 4.68. The van der Waals surface area contributed by atoms with Crippen LogP contribution in [0.2, 0.25) is 0 Å². The monoisotopic (exact) mass is 237 g/mol. The van der Waals surface area contributed by atoms with Gasteiger partial charge in [0.25, 0.3) is 0 Å². The summed E-state index contributed by atoms with van der Waals surface area (Å²) in [6.07, 6.45) is 3.16. The fraction of sp³-hybridized carbons (Fsp3) is 1.00. The number of nitrogens with zero attached hydrogens (tertiary/aromatic N) is 1. The summed E-state index contributed by atoms with van der Waals surface area (Å²) < 4.78 is 6.83. The second-order valence-electron chi connectivity index (χ2n) is 2.15. The van der Waals surface area contributed by atoms with Gasteiger partial charge in [-0.1, -0.05) is 0 Å². The number of hydrogen-bond acceptors (Lipinski definition) is 1. The van der Waals surface area contributed by atoms with Gasteiger partial charge in [-0.25, -0.2) is 0 Å². The van der Waals surface area contributed by atoms with Gasteiger partial charge in [0.2, 0.25) is 0 Å². The van der Waals surface area contributed by atoms with Crippen LogP contribution in [0.15, 0.2) is 4.90 Å². The summed E-state index contributed by atoms with van der Waals surface area (Å²) in [6, 6.07) is 0. The number of alkyl halides is 1. The summed E-state index contributed by atoms with van der Waals surface area (Å²) in [5.41, 5.74) is 0. The van der Waals surface area contributed by atoms with E-state index in [1.165, 1.54) is 0 Å². The van der Waals surface area contributed by atoms with E-state index in [1.807, 2.05) is 0 Å². The Morgan fingerprint density at radius 2 is 2.56 bits per heavy atom. The van der Waals surface area contributed by atoms with Crippen molar-refractivity contribution in [1.29, 1.82) is 0 Å². The van der Waals surface area contributed by atoms with E-state index >= 15 is 0 Å². The van der Waals surface area contributed by atoms with Gasteiger partial charge in [-0.2, -0.15) is 0 Å². The zero-order valence-electron chi connectivity index (χ0n) is 6.73. The van der Waals surface area contributed by atoms with Crippen LogP contribution in [0.4, 0.5) is 0 Å². The molecule has 1 nitrogen and oxygen atoms in total. The molecule has 0 amide bonds. The number of halogens is 1. The van der Waals surface area contributed by atoms with Crippen LogP contribution in [0.5, 0.6) is 0 Å². The molecule has 51 valence electrons. The topological polar surface area (TPSA) is 12.4 Å². The first-order valence-corrected chi connectivity index (χ1v) is 4.16. The molecule has 0 aliphatic heterocycles. The second-order valence-corrected chi connectivity index (χ2v) is 4.16. The number of rotatable bonds is 4. The van der Waals surface area contributed by atoms with E-state index < -0.39 is 0 Å². The summed E-state index contributed by atoms with van der Waals surface area (Å²) >= 11 is 2.15. The van der Waals surface area contributed by atoms with E-state index in [1.54, 1.807) is 0 Å². The Morgan fingerprint density at radius 3 is 2.89 bits per heavy atom. The zero-order valence-corrected chi connectivity index (χ0v) is 7.89. The molecule has 0 rings (SSSR count). The van der Waals surface area contributed by atoms with E-state index in [0.29, 0.717) is 0 Å². The molecule has 1 radical (unpaired) electrons. The Labute approximate surface area is 73.3 Å². The average molecular weight is 237 g/mol. The van der Waals surface area contributed by atoms with Gasteiger partial charge in [-0.3, -0.25) is 0 Å². The SMILES string of the molecule is [2H]CC(I)(CCCC)N=[B]. The molecule has 1 atom stereocenters. The standard InChI is InChI=1S/C6H12BIN/c1-3-4-5-6(2,8)9-7/h3-5H2,1-2H3/i2D. The molecule has 0 heterocycles. The quantitative estimate of drug-likeness (QED) is 0.308. The van der Waals surface area contributed by atoms with Crippen LogP contribution < -0.4 is 0 Å². The third kappa shape index (κ3) is 5.06. The fourth-order valence-electron chi connectivity index (χ4n) is 0.512. The molecule has 0 aliphatic carbocycles. The van der Waals surface area contributed by atoms with Crippen molar-refractivity contribution in [3.63, 3.8) is 0 Å². The number of unbranched alkanes of at least 4 members (excludes halogenated alkanes) is 1. The molecular formula is C6H12BIN. The van der Waals surface area contributed by atoms with Crippen molar-refractivity contribution in [3.8, 4) is 0 Å². The maximum atomic E-state index is 7.15. The molecule has 0 saturated heterocycles. The molecular weight excluding hydrogens is 224 g/mol. The van der Waals surface area contributed by atoms with Gasteiger partial charge in [-0.15, -0.1) is 0 Å². The van der Waals surface area contributed by atoms with Crippen molar-refractivity contribution in [2.75, 3.05) is 0 Å². The van der Waals surface area contributed by atoms with Gasteiger partial charge in [0.15, 0.2) is 0 Å². The van der Waals surface area contributed by atoms with Gasteiger partial charge in [-0.05, 0) is 0 Å². The molecule has 9 heavy (non-hydrogen) atoms. The van der Waals surface area contributed by atoms with Crippen LogP contribution >= 0.6 is 22.6 Å². The van der Waals surface area contributed by atoms with Gasteiger partial charge in [0.1, 0.15) is 0 Å². The maximum absolute atomic E-state index is 7.15. The minimum atomic E-state index is -0.326. The van der Waals surface area contributed by atoms with E-state index in [9.17, 15) is 0 Å². The van der Waals surface area contributed by atoms with Crippen LogP contribution in [0.3, 0.4) is 0 Å². The Hall–Kier alpha value is 0.595. The van der Waals surface area contributed by atoms with Crippen LogP contribution in [0.1, 0.15) is 34.5 Å². The minimum absolute atomic E-state index is 0.282. The van der Waals surface area contributed by atoms with Crippen LogP contribution in [0.25, 0.3) is 0 Å². The Bertz CT molecular complexity index is 112. The molecule has 0 spiro atoms. The molecule has 0 fully saturated rings. The van der Waals surface area contributed by atoms with Gasteiger partial charge < -0.3 is 0 Å². The van der Waals surface area contributed by atoms with Crippen molar-refractivity contribution < 1.29 is 1.37 Å². The molecule has 0 aliphatic rings. The molecule has 0 aromatic carbocycles. The van der Waals surface area contributed by atoms with E-state index in [-0.39, 0.29) is 10.4 Å². The van der Waals surface area contributed by atoms with Crippen molar-refractivity contribution in [1.82, 2.24) is 0 Å². The summed E-state index contributed by atoms with van der Waals surface area (Å²) in [7, 11) is 5.16. The molecule has 1 unspecified atom stereocenters. The van der Waals surface area contributed by atoms with E-state index in [4.69, 9.17) is 9.01 Å². The molecule has 0 N–H and O–H groups in total. The molecule has 0 saturated carbocycles. The first-order valence-electron chi connectivity index (χ1n) is 3.79. The molecule has 0 aromatic heterocycles. The zero-order chi connectivity index (χ0) is 8.04. The fourth-order valence-corrected chi connectivity index (χ4v) is 0.894. The van der Waals surface area contributed by atoms with E-state index in [0.717, 1.165) is 19.3 Å². The predicted octanol–water partition coefficient (Wildman–Crippen LogP) is 2.68. The van der Waals surface area contributed by atoms with Crippen LogP contribution in [0, 0.1) is 0 Å². The van der Waals surface area contributed by atoms with Crippen molar-refractivity contribution in [2.45, 2.75) is 36.6 Å². The first kappa shape index (κ1) is 7.70.